The Morgan fingerprint density at radius 3 is 2.50 bits per heavy atom. The van der Waals surface area contributed by atoms with E-state index in [2.05, 4.69) is 0 Å². The summed E-state index contributed by atoms with van der Waals surface area (Å²) in [6, 6.07) is 5.57. The quantitative estimate of drug-likeness (QED) is 0.928. The molecule has 0 amide bonds. The van der Waals surface area contributed by atoms with Crippen LogP contribution >= 0.6 is 0 Å². The fraction of sp³-hybridized carbons (Fsp3) is 0.600. The van der Waals surface area contributed by atoms with Crippen LogP contribution in [-0.4, -0.2) is 25.8 Å². The maximum absolute atomic E-state index is 12.8. The molecule has 5 heteroatoms. The molecule has 4 nitrogen and oxygen atoms in total. The predicted molar refractivity (Wildman–Crippen MR) is 80.9 cm³/mol. The Labute approximate surface area is 122 Å². The molecule has 0 atom stereocenters. The van der Waals surface area contributed by atoms with Gasteiger partial charge in [-0.1, -0.05) is 31.4 Å². The van der Waals surface area contributed by atoms with Crippen LogP contribution in [0.25, 0.3) is 0 Å². The normalized spacial score (nSPS) is 17.6. The van der Waals surface area contributed by atoms with Gasteiger partial charge in [-0.15, -0.1) is 0 Å². The van der Waals surface area contributed by atoms with Gasteiger partial charge < -0.3 is 5.73 Å². The molecule has 1 aromatic rings. The first kappa shape index (κ1) is 15.5. The van der Waals surface area contributed by atoms with Crippen molar-refractivity contribution in [2.75, 3.05) is 7.05 Å². The summed E-state index contributed by atoms with van der Waals surface area (Å²) in [5.41, 5.74) is 7.26. The number of aryl methyl sites for hydroxylation is 1. The van der Waals surface area contributed by atoms with Crippen molar-refractivity contribution < 1.29 is 8.42 Å². The van der Waals surface area contributed by atoms with E-state index in [0.29, 0.717) is 11.4 Å². The van der Waals surface area contributed by atoms with Crippen LogP contribution < -0.4 is 5.73 Å². The summed E-state index contributed by atoms with van der Waals surface area (Å²) in [5, 5.41) is 0. The zero-order valence-electron chi connectivity index (χ0n) is 12.3. The van der Waals surface area contributed by atoms with E-state index in [-0.39, 0.29) is 6.04 Å². The maximum Gasteiger partial charge on any atom is 0.243 e. The van der Waals surface area contributed by atoms with Gasteiger partial charge in [0.25, 0.3) is 0 Å². The largest absolute Gasteiger partial charge is 0.326 e. The lowest BCUT2D eigenvalue weighted by molar-refractivity contribution is 0.285. The molecule has 0 saturated heterocycles. The number of hydrogen-bond donors (Lipinski definition) is 1. The number of sulfonamides is 1. The van der Waals surface area contributed by atoms with Gasteiger partial charge in [0.1, 0.15) is 0 Å². The summed E-state index contributed by atoms with van der Waals surface area (Å²) in [5.74, 6) is 0. The highest BCUT2D eigenvalue weighted by Gasteiger charge is 2.30. The van der Waals surface area contributed by atoms with E-state index < -0.39 is 10.0 Å². The summed E-state index contributed by atoms with van der Waals surface area (Å²) in [4.78, 5) is 0.397. The van der Waals surface area contributed by atoms with Crippen molar-refractivity contribution in [3.63, 3.8) is 0 Å². The van der Waals surface area contributed by atoms with Crippen LogP contribution in [-0.2, 0) is 16.6 Å². The van der Waals surface area contributed by atoms with Crippen LogP contribution in [0.2, 0.25) is 0 Å². The zero-order valence-corrected chi connectivity index (χ0v) is 13.1. The molecule has 2 rings (SSSR count). The van der Waals surface area contributed by atoms with E-state index in [9.17, 15) is 8.42 Å². The van der Waals surface area contributed by atoms with Crippen LogP contribution in [0.4, 0.5) is 0 Å². The third-order valence-electron chi connectivity index (χ3n) is 4.23. The molecule has 0 aliphatic heterocycles. The predicted octanol–water partition coefficient (Wildman–Crippen LogP) is 2.41. The Hall–Kier alpha value is -0.910. The minimum absolute atomic E-state index is 0.134. The van der Waals surface area contributed by atoms with Crippen LogP contribution in [0.1, 0.15) is 43.2 Å². The first-order chi connectivity index (χ1) is 9.46. The molecule has 0 unspecified atom stereocenters. The average Bonchev–Trinajstić information content (AvgIpc) is 2.47. The monoisotopic (exact) mass is 296 g/mol. The molecule has 0 spiro atoms. The SMILES string of the molecule is Cc1ccc(CN)cc1S(=O)(=O)N(C)C1CCCCC1. The Bertz CT molecular complexity index is 563. The number of nitrogens with zero attached hydrogens (tertiary/aromatic N) is 1. The van der Waals surface area contributed by atoms with Gasteiger partial charge in [-0.3, -0.25) is 0 Å². The molecule has 112 valence electrons. The fourth-order valence-electron chi connectivity index (χ4n) is 2.85. The van der Waals surface area contributed by atoms with Gasteiger partial charge in [0.2, 0.25) is 10.0 Å². The fourth-order valence-corrected chi connectivity index (χ4v) is 4.53. The molecule has 0 radical (unpaired) electrons. The molecule has 1 saturated carbocycles. The van der Waals surface area contributed by atoms with E-state index in [0.717, 1.165) is 36.8 Å². The summed E-state index contributed by atoms with van der Waals surface area (Å²) in [6.45, 7) is 2.19. The standard InChI is InChI=1S/C15H24N2O2S/c1-12-8-9-13(11-16)10-15(12)20(18,19)17(2)14-6-4-3-5-7-14/h8-10,14H,3-7,11,16H2,1-2H3. The van der Waals surface area contributed by atoms with E-state index in [4.69, 9.17) is 5.73 Å². The summed E-state index contributed by atoms with van der Waals surface area (Å²) in [7, 11) is -1.72. The number of hydrogen-bond acceptors (Lipinski definition) is 3. The molecule has 1 fully saturated rings. The van der Waals surface area contributed by atoms with Crippen LogP contribution in [0.15, 0.2) is 23.1 Å². The third-order valence-corrected chi connectivity index (χ3v) is 6.29. The van der Waals surface area contributed by atoms with Crippen molar-refractivity contribution in [1.82, 2.24) is 4.31 Å². The van der Waals surface area contributed by atoms with Crippen molar-refractivity contribution in [3.05, 3.63) is 29.3 Å². The van der Waals surface area contributed by atoms with Crippen molar-refractivity contribution >= 4 is 10.0 Å². The molecule has 2 N–H and O–H groups in total. The molecule has 0 bridgehead atoms. The minimum Gasteiger partial charge on any atom is -0.326 e. The Morgan fingerprint density at radius 1 is 1.25 bits per heavy atom. The molecular weight excluding hydrogens is 272 g/mol. The maximum atomic E-state index is 12.8. The smallest absolute Gasteiger partial charge is 0.243 e. The van der Waals surface area contributed by atoms with Gasteiger partial charge in [-0.25, -0.2) is 8.42 Å². The Morgan fingerprint density at radius 2 is 1.90 bits per heavy atom. The summed E-state index contributed by atoms with van der Waals surface area (Å²) in [6.07, 6.45) is 5.38. The van der Waals surface area contributed by atoms with Crippen LogP contribution in [0, 0.1) is 6.92 Å². The lowest BCUT2D eigenvalue weighted by atomic mass is 9.96. The molecular formula is C15H24N2O2S. The molecule has 1 aromatic carbocycles. The van der Waals surface area contributed by atoms with Gasteiger partial charge in [0.15, 0.2) is 0 Å². The molecule has 0 heterocycles. The summed E-state index contributed by atoms with van der Waals surface area (Å²) >= 11 is 0. The van der Waals surface area contributed by atoms with Crippen LogP contribution in [0.5, 0.6) is 0 Å². The number of nitrogens with two attached hydrogens (primary N) is 1. The first-order valence-electron chi connectivity index (χ1n) is 7.24. The van der Waals surface area contributed by atoms with Gasteiger partial charge in [0, 0.05) is 19.6 Å². The zero-order chi connectivity index (χ0) is 14.8. The van der Waals surface area contributed by atoms with Gasteiger partial charge in [0.05, 0.1) is 4.90 Å². The van der Waals surface area contributed by atoms with E-state index in [1.807, 2.05) is 19.1 Å². The number of benzene rings is 1. The van der Waals surface area contributed by atoms with E-state index >= 15 is 0 Å². The highest BCUT2D eigenvalue weighted by molar-refractivity contribution is 7.89. The topological polar surface area (TPSA) is 63.4 Å². The van der Waals surface area contributed by atoms with Gasteiger partial charge >= 0.3 is 0 Å². The summed E-state index contributed by atoms with van der Waals surface area (Å²) < 4.78 is 27.2. The van der Waals surface area contributed by atoms with Crippen LogP contribution in [0.3, 0.4) is 0 Å². The average molecular weight is 296 g/mol. The minimum atomic E-state index is -3.42. The lowest BCUT2D eigenvalue weighted by Gasteiger charge is -2.30. The van der Waals surface area contributed by atoms with Gasteiger partial charge in [-0.2, -0.15) is 4.31 Å². The molecule has 1 aliphatic rings. The lowest BCUT2D eigenvalue weighted by Crippen LogP contribution is -2.38. The Kier molecular flexibility index (Phi) is 4.83. The van der Waals surface area contributed by atoms with Crippen molar-refractivity contribution in [2.24, 2.45) is 5.73 Å². The van der Waals surface area contributed by atoms with E-state index in [1.165, 1.54) is 6.42 Å². The number of rotatable bonds is 4. The Balaban J connectivity index is 2.33. The second-order valence-electron chi connectivity index (χ2n) is 5.62. The van der Waals surface area contributed by atoms with E-state index in [1.54, 1.807) is 17.4 Å². The first-order valence-corrected chi connectivity index (χ1v) is 8.68. The van der Waals surface area contributed by atoms with Gasteiger partial charge in [-0.05, 0) is 37.0 Å². The molecule has 1 aliphatic carbocycles. The van der Waals surface area contributed by atoms with Crippen molar-refractivity contribution in [2.45, 2.75) is 56.5 Å². The third kappa shape index (κ3) is 3.05. The molecule has 0 aromatic heterocycles. The highest BCUT2D eigenvalue weighted by atomic mass is 32.2. The highest BCUT2D eigenvalue weighted by Crippen LogP contribution is 2.28. The second-order valence-corrected chi connectivity index (χ2v) is 7.58. The van der Waals surface area contributed by atoms with Crippen molar-refractivity contribution in [3.8, 4) is 0 Å². The molecule has 20 heavy (non-hydrogen) atoms. The van der Waals surface area contributed by atoms with Crippen molar-refractivity contribution in [1.29, 1.82) is 0 Å². The second kappa shape index (κ2) is 6.24.